The Labute approximate surface area is 230 Å². The summed E-state index contributed by atoms with van der Waals surface area (Å²) in [6.45, 7) is 0. The highest BCUT2D eigenvalue weighted by Crippen LogP contribution is 2.37. The monoisotopic (exact) mass is 570 g/mol. The van der Waals surface area contributed by atoms with Crippen LogP contribution in [0, 0.1) is 5.82 Å². The number of alkyl halides is 5. The first-order valence-corrected chi connectivity index (χ1v) is 11.9. The van der Waals surface area contributed by atoms with Crippen molar-refractivity contribution in [1.29, 1.82) is 0 Å². The predicted molar refractivity (Wildman–Crippen MR) is 140 cm³/mol. The van der Waals surface area contributed by atoms with Crippen molar-refractivity contribution in [3.8, 4) is 34.0 Å². The lowest BCUT2D eigenvalue weighted by molar-refractivity contribution is -0.360. The number of carbonyl (C=O) groups is 1. The zero-order valence-corrected chi connectivity index (χ0v) is 20.7. The number of benzene rings is 4. The van der Waals surface area contributed by atoms with Crippen LogP contribution in [0.5, 0.6) is 5.75 Å². The number of ether oxygens (including phenoxy) is 1. The molecule has 0 bridgehead atoms. The molecule has 1 amide bonds. The van der Waals surface area contributed by atoms with Crippen LogP contribution in [-0.2, 0) is 0 Å². The Morgan fingerprint density at radius 3 is 2.17 bits per heavy atom. The zero-order valence-electron chi connectivity index (χ0n) is 20.7. The van der Waals surface area contributed by atoms with Gasteiger partial charge in [-0.3, -0.25) is 4.79 Å². The van der Waals surface area contributed by atoms with Crippen molar-refractivity contribution >= 4 is 11.6 Å². The first-order chi connectivity index (χ1) is 19.5. The van der Waals surface area contributed by atoms with E-state index in [1.54, 1.807) is 48.5 Å². The summed E-state index contributed by atoms with van der Waals surface area (Å²) in [5.41, 5.74) is 2.60. The van der Waals surface area contributed by atoms with Gasteiger partial charge in [-0.05, 0) is 72.3 Å². The van der Waals surface area contributed by atoms with Crippen molar-refractivity contribution in [3.63, 3.8) is 0 Å². The van der Waals surface area contributed by atoms with Gasteiger partial charge < -0.3 is 10.1 Å². The van der Waals surface area contributed by atoms with Crippen LogP contribution in [0.4, 0.5) is 32.0 Å². The second kappa shape index (κ2) is 10.8. The summed E-state index contributed by atoms with van der Waals surface area (Å²) in [5.74, 6) is -1.27. The van der Waals surface area contributed by atoms with Crippen molar-refractivity contribution in [3.05, 3.63) is 115 Å². The van der Waals surface area contributed by atoms with Crippen LogP contribution in [0.1, 0.15) is 11.8 Å². The van der Waals surface area contributed by atoms with Crippen molar-refractivity contribution in [2.24, 2.45) is 0 Å². The van der Waals surface area contributed by atoms with Gasteiger partial charge in [-0.15, -0.1) is 5.10 Å². The Morgan fingerprint density at radius 1 is 0.829 bits per heavy atom. The molecule has 5 aromatic rings. The van der Waals surface area contributed by atoms with Crippen LogP contribution in [0.2, 0.25) is 0 Å². The minimum absolute atomic E-state index is 0. The maximum absolute atomic E-state index is 14.4. The standard InChI is InChI=1S/C29H18F6N4O2.H2/c30-25-15-8-20(16-24(25)18-4-2-1-3-5-18)27(40)37-21-9-6-19(7-10-21)26-36-17-39(38-26)22-11-13-23(14-12-22)41-29(34,35)28(31,32)33;/h1-17H,(H,37,40);1H. The van der Waals surface area contributed by atoms with Crippen LogP contribution in [0.3, 0.4) is 0 Å². The third kappa shape index (κ3) is 6.06. The highest BCUT2D eigenvalue weighted by molar-refractivity contribution is 6.05. The highest BCUT2D eigenvalue weighted by atomic mass is 19.4. The van der Waals surface area contributed by atoms with Gasteiger partial charge in [0.1, 0.15) is 17.9 Å². The summed E-state index contributed by atoms with van der Waals surface area (Å²) in [5, 5.41) is 7.05. The average molecular weight is 570 g/mol. The number of hydrogen-bond donors (Lipinski definition) is 1. The summed E-state index contributed by atoms with van der Waals surface area (Å²) in [4.78, 5) is 17.0. The SMILES string of the molecule is O=C(Nc1ccc(-c2ncn(-c3ccc(OC(F)(F)C(F)(F)F)cc3)n2)cc1)c1ccc(F)c(-c2ccccc2)c1.[HH]. The number of amides is 1. The maximum atomic E-state index is 14.4. The smallest absolute Gasteiger partial charge is 0.426 e. The minimum atomic E-state index is -5.85. The van der Waals surface area contributed by atoms with E-state index in [4.69, 9.17) is 0 Å². The van der Waals surface area contributed by atoms with Gasteiger partial charge in [0.05, 0.1) is 5.69 Å². The lowest BCUT2D eigenvalue weighted by Gasteiger charge is -2.20. The molecular weight excluding hydrogens is 550 g/mol. The van der Waals surface area contributed by atoms with E-state index >= 15 is 0 Å². The molecular formula is C29H20F6N4O2. The molecule has 5 rings (SSSR count). The fraction of sp³-hybridized carbons (Fsp3) is 0.0690. The van der Waals surface area contributed by atoms with Gasteiger partial charge in [-0.1, -0.05) is 30.3 Å². The summed E-state index contributed by atoms with van der Waals surface area (Å²) in [6, 6.07) is 23.9. The van der Waals surface area contributed by atoms with E-state index < -0.39 is 29.8 Å². The van der Waals surface area contributed by atoms with Gasteiger partial charge in [0.25, 0.3) is 5.91 Å². The third-order valence-corrected chi connectivity index (χ3v) is 5.88. The second-order valence-corrected chi connectivity index (χ2v) is 8.72. The lowest BCUT2D eigenvalue weighted by Crippen LogP contribution is -2.41. The quantitative estimate of drug-likeness (QED) is 0.203. The Morgan fingerprint density at radius 2 is 1.51 bits per heavy atom. The summed E-state index contributed by atoms with van der Waals surface area (Å²) in [7, 11) is 0. The Kier molecular flexibility index (Phi) is 7.22. The van der Waals surface area contributed by atoms with E-state index in [1.165, 1.54) is 41.3 Å². The molecule has 0 atom stereocenters. The maximum Gasteiger partial charge on any atom is 0.499 e. The third-order valence-electron chi connectivity index (χ3n) is 5.88. The van der Waals surface area contributed by atoms with Gasteiger partial charge in [0.15, 0.2) is 5.82 Å². The summed E-state index contributed by atoms with van der Waals surface area (Å²) >= 11 is 0. The topological polar surface area (TPSA) is 69.0 Å². The van der Waals surface area contributed by atoms with Crippen molar-refractivity contribution in [1.82, 2.24) is 14.8 Å². The average Bonchev–Trinajstić information content (AvgIpc) is 3.44. The highest BCUT2D eigenvalue weighted by Gasteiger charge is 2.61. The van der Waals surface area contributed by atoms with E-state index in [0.29, 0.717) is 28.1 Å². The van der Waals surface area contributed by atoms with Crippen LogP contribution in [0.15, 0.2) is 103 Å². The van der Waals surface area contributed by atoms with Gasteiger partial charge in [0.2, 0.25) is 0 Å². The first-order valence-electron chi connectivity index (χ1n) is 11.9. The molecule has 12 heteroatoms. The van der Waals surface area contributed by atoms with Crippen LogP contribution >= 0.6 is 0 Å². The number of aromatic nitrogens is 3. The lowest BCUT2D eigenvalue weighted by atomic mass is 10.0. The first kappa shape index (κ1) is 27.4. The fourth-order valence-corrected chi connectivity index (χ4v) is 3.80. The largest absolute Gasteiger partial charge is 0.499 e. The Balaban J connectivity index is 0.00000405. The molecule has 210 valence electrons. The van der Waals surface area contributed by atoms with E-state index in [0.717, 1.165) is 12.1 Å². The molecule has 0 aliphatic heterocycles. The minimum Gasteiger partial charge on any atom is -0.426 e. The van der Waals surface area contributed by atoms with Gasteiger partial charge in [0, 0.05) is 23.8 Å². The fourth-order valence-electron chi connectivity index (χ4n) is 3.80. The van der Waals surface area contributed by atoms with E-state index in [2.05, 4.69) is 20.1 Å². The van der Waals surface area contributed by atoms with Gasteiger partial charge >= 0.3 is 12.3 Å². The van der Waals surface area contributed by atoms with Gasteiger partial charge in [-0.2, -0.15) is 22.0 Å². The molecule has 0 saturated carbocycles. The summed E-state index contributed by atoms with van der Waals surface area (Å²) in [6.07, 6.45) is -9.84. The normalized spacial score (nSPS) is 11.8. The summed E-state index contributed by atoms with van der Waals surface area (Å²) < 4.78 is 82.7. The molecule has 0 unspecified atom stereocenters. The number of anilines is 1. The molecule has 41 heavy (non-hydrogen) atoms. The van der Waals surface area contributed by atoms with Crippen LogP contribution in [-0.4, -0.2) is 33.0 Å². The molecule has 1 heterocycles. The molecule has 4 aromatic carbocycles. The number of carbonyl (C=O) groups excluding carboxylic acids is 1. The molecule has 0 fully saturated rings. The number of halogens is 6. The van der Waals surface area contributed by atoms with E-state index in [9.17, 15) is 31.1 Å². The molecule has 0 spiro atoms. The molecule has 6 nitrogen and oxygen atoms in total. The van der Waals surface area contributed by atoms with E-state index in [1.807, 2.05) is 6.07 Å². The number of hydrogen-bond acceptors (Lipinski definition) is 4. The Bertz CT molecular complexity index is 1680. The molecule has 0 saturated heterocycles. The van der Waals surface area contributed by atoms with Crippen molar-refractivity contribution in [2.75, 3.05) is 5.32 Å². The van der Waals surface area contributed by atoms with Crippen LogP contribution in [0.25, 0.3) is 28.2 Å². The van der Waals surface area contributed by atoms with Gasteiger partial charge in [-0.25, -0.2) is 14.1 Å². The van der Waals surface area contributed by atoms with Crippen molar-refractivity contribution in [2.45, 2.75) is 12.3 Å². The van der Waals surface area contributed by atoms with Crippen molar-refractivity contribution < 1.29 is 37.3 Å². The second-order valence-electron chi connectivity index (χ2n) is 8.72. The van der Waals surface area contributed by atoms with Crippen LogP contribution < -0.4 is 10.1 Å². The zero-order chi connectivity index (χ0) is 29.2. The predicted octanol–water partition coefficient (Wildman–Crippen LogP) is 7.77. The number of rotatable bonds is 7. The Hall–Kier alpha value is -5.13. The molecule has 0 aliphatic carbocycles. The molecule has 1 aromatic heterocycles. The van der Waals surface area contributed by atoms with E-state index in [-0.39, 0.29) is 12.8 Å². The molecule has 0 aliphatic rings. The number of nitrogens with one attached hydrogen (secondary N) is 1. The number of nitrogens with zero attached hydrogens (tertiary/aromatic N) is 3. The molecule has 0 radical (unpaired) electrons. The molecule has 1 N–H and O–H groups in total.